The average molecular weight is 299 g/mol. The number of likely N-dealkylation sites (tertiary alicyclic amines) is 1. The maximum atomic E-state index is 12.3. The fourth-order valence-electron chi connectivity index (χ4n) is 3.36. The molecule has 2 unspecified atom stereocenters. The average Bonchev–Trinajstić information content (AvgIpc) is 2.75. The SMILES string of the molecule is Cc1cccc(C)c1OCCN1C(=O)C2CC=CCC2C1=O. The molecular formula is C18H21NO3. The number of nitrogens with zero attached hydrogens (tertiary/aromatic N) is 1. The molecule has 2 amide bonds. The first-order valence-corrected chi connectivity index (χ1v) is 7.79. The van der Waals surface area contributed by atoms with Crippen molar-refractivity contribution in [2.75, 3.05) is 13.2 Å². The van der Waals surface area contributed by atoms with E-state index in [0.29, 0.717) is 26.0 Å². The van der Waals surface area contributed by atoms with Crippen molar-refractivity contribution in [1.82, 2.24) is 4.90 Å². The van der Waals surface area contributed by atoms with Crippen molar-refractivity contribution < 1.29 is 14.3 Å². The predicted octanol–water partition coefficient (Wildman–Crippen LogP) is 2.63. The van der Waals surface area contributed by atoms with Gasteiger partial charge in [-0.15, -0.1) is 0 Å². The molecule has 4 heteroatoms. The lowest BCUT2D eigenvalue weighted by Crippen LogP contribution is -2.34. The van der Waals surface area contributed by atoms with E-state index in [4.69, 9.17) is 4.74 Å². The van der Waals surface area contributed by atoms with Gasteiger partial charge in [-0.25, -0.2) is 0 Å². The first-order chi connectivity index (χ1) is 10.6. The van der Waals surface area contributed by atoms with Gasteiger partial charge < -0.3 is 4.74 Å². The molecule has 0 saturated carbocycles. The summed E-state index contributed by atoms with van der Waals surface area (Å²) in [7, 11) is 0. The second-order valence-corrected chi connectivity index (χ2v) is 6.05. The number of aryl methyl sites for hydroxylation is 2. The first-order valence-electron chi connectivity index (χ1n) is 7.79. The van der Waals surface area contributed by atoms with Crippen LogP contribution in [0.4, 0.5) is 0 Å². The number of para-hydroxylation sites is 1. The molecule has 1 saturated heterocycles. The molecular weight excluding hydrogens is 278 g/mol. The predicted molar refractivity (Wildman–Crippen MR) is 83.5 cm³/mol. The number of carbonyl (C=O) groups is 2. The second-order valence-electron chi connectivity index (χ2n) is 6.05. The minimum atomic E-state index is -0.155. The zero-order valence-corrected chi connectivity index (χ0v) is 13.0. The van der Waals surface area contributed by atoms with E-state index < -0.39 is 0 Å². The van der Waals surface area contributed by atoms with Crippen LogP contribution in [0.25, 0.3) is 0 Å². The van der Waals surface area contributed by atoms with Gasteiger partial charge >= 0.3 is 0 Å². The number of ether oxygens (including phenoxy) is 1. The largest absolute Gasteiger partial charge is 0.491 e. The Labute approximate surface area is 130 Å². The lowest BCUT2D eigenvalue weighted by atomic mass is 9.85. The van der Waals surface area contributed by atoms with Crippen LogP contribution in [0.2, 0.25) is 0 Å². The number of allylic oxidation sites excluding steroid dienone is 2. The first kappa shape index (κ1) is 14.8. The van der Waals surface area contributed by atoms with E-state index in [2.05, 4.69) is 0 Å². The van der Waals surface area contributed by atoms with E-state index in [1.165, 1.54) is 4.90 Å². The van der Waals surface area contributed by atoms with Gasteiger partial charge in [0.25, 0.3) is 0 Å². The summed E-state index contributed by atoms with van der Waals surface area (Å²) in [4.78, 5) is 26.1. The van der Waals surface area contributed by atoms with Crippen LogP contribution < -0.4 is 4.74 Å². The molecule has 0 aromatic heterocycles. The van der Waals surface area contributed by atoms with Crippen LogP contribution in [-0.2, 0) is 9.59 Å². The maximum absolute atomic E-state index is 12.3. The third-order valence-electron chi connectivity index (χ3n) is 4.57. The molecule has 0 bridgehead atoms. The molecule has 1 heterocycles. The molecule has 0 spiro atoms. The summed E-state index contributed by atoms with van der Waals surface area (Å²) in [5.41, 5.74) is 2.13. The lowest BCUT2D eigenvalue weighted by molar-refractivity contribution is -0.140. The van der Waals surface area contributed by atoms with Gasteiger partial charge in [-0.2, -0.15) is 0 Å². The van der Waals surface area contributed by atoms with Crippen molar-refractivity contribution in [2.24, 2.45) is 11.8 Å². The summed E-state index contributed by atoms with van der Waals surface area (Å²) in [6.07, 6.45) is 5.37. The number of rotatable bonds is 4. The third-order valence-corrected chi connectivity index (χ3v) is 4.57. The zero-order valence-electron chi connectivity index (χ0n) is 13.0. The molecule has 0 radical (unpaired) electrons. The van der Waals surface area contributed by atoms with Crippen molar-refractivity contribution in [3.63, 3.8) is 0 Å². The van der Waals surface area contributed by atoms with Gasteiger partial charge in [-0.05, 0) is 37.8 Å². The van der Waals surface area contributed by atoms with Crippen molar-refractivity contribution in [3.05, 3.63) is 41.5 Å². The highest BCUT2D eigenvalue weighted by Gasteiger charge is 2.46. The Morgan fingerprint density at radius 2 is 1.59 bits per heavy atom. The van der Waals surface area contributed by atoms with E-state index >= 15 is 0 Å². The molecule has 0 N–H and O–H groups in total. The van der Waals surface area contributed by atoms with Crippen LogP contribution in [0.1, 0.15) is 24.0 Å². The standard InChI is InChI=1S/C18H21NO3/c1-12-6-5-7-13(2)16(12)22-11-10-19-17(20)14-8-3-4-9-15(14)18(19)21/h3-7,14-15H,8-11H2,1-2H3. The van der Waals surface area contributed by atoms with Crippen LogP contribution in [0.5, 0.6) is 5.75 Å². The normalized spacial score (nSPS) is 23.8. The summed E-state index contributed by atoms with van der Waals surface area (Å²) in [5, 5.41) is 0. The van der Waals surface area contributed by atoms with Crippen molar-refractivity contribution >= 4 is 11.8 Å². The summed E-state index contributed by atoms with van der Waals surface area (Å²) < 4.78 is 5.82. The molecule has 2 aliphatic rings. The third kappa shape index (κ3) is 2.54. The van der Waals surface area contributed by atoms with Gasteiger partial charge in [-0.3, -0.25) is 14.5 Å². The van der Waals surface area contributed by atoms with Crippen LogP contribution in [0.15, 0.2) is 30.4 Å². The molecule has 1 aliphatic heterocycles. The molecule has 1 aromatic rings. The Balaban J connectivity index is 1.63. The van der Waals surface area contributed by atoms with Gasteiger partial charge in [-0.1, -0.05) is 30.4 Å². The minimum Gasteiger partial charge on any atom is -0.491 e. The van der Waals surface area contributed by atoms with Crippen LogP contribution >= 0.6 is 0 Å². The van der Waals surface area contributed by atoms with Gasteiger partial charge in [0, 0.05) is 0 Å². The number of hydrogen-bond acceptors (Lipinski definition) is 3. The van der Waals surface area contributed by atoms with Gasteiger partial charge in [0.15, 0.2) is 0 Å². The minimum absolute atomic E-state index is 0.0375. The quantitative estimate of drug-likeness (QED) is 0.634. The summed E-state index contributed by atoms with van der Waals surface area (Å²) >= 11 is 0. The molecule has 2 atom stereocenters. The second kappa shape index (κ2) is 5.95. The fraction of sp³-hybridized carbons (Fsp3) is 0.444. The Morgan fingerprint density at radius 3 is 2.14 bits per heavy atom. The highest BCUT2D eigenvalue weighted by atomic mass is 16.5. The molecule has 116 valence electrons. The topological polar surface area (TPSA) is 46.6 Å². The fourth-order valence-corrected chi connectivity index (χ4v) is 3.36. The Kier molecular flexibility index (Phi) is 4.01. The number of imide groups is 1. The number of fused-ring (bicyclic) bond motifs is 1. The number of benzene rings is 1. The van der Waals surface area contributed by atoms with Crippen molar-refractivity contribution in [3.8, 4) is 5.75 Å². The molecule has 1 aromatic carbocycles. The molecule has 4 nitrogen and oxygen atoms in total. The molecule has 1 fully saturated rings. The van der Waals surface area contributed by atoms with Crippen molar-refractivity contribution in [2.45, 2.75) is 26.7 Å². The highest BCUT2D eigenvalue weighted by molar-refractivity contribution is 6.05. The van der Waals surface area contributed by atoms with Gasteiger partial charge in [0.05, 0.1) is 18.4 Å². The lowest BCUT2D eigenvalue weighted by Gasteiger charge is -2.17. The van der Waals surface area contributed by atoms with Crippen LogP contribution in [-0.4, -0.2) is 29.9 Å². The smallest absolute Gasteiger partial charge is 0.233 e. The molecule has 22 heavy (non-hydrogen) atoms. The molecule has 1 aliphatic carbocycles. The number of amides is 2. The zero-order chi connectivity index (χ0) is 15.7. The molecule has 3 rings (SSSR count). The Hall–Kier alpha value is -2.10. The van der Waals surface area contributed by atoms with Gasteiger partial charge in [0.2, 0.25) is 11.8 Å². The van der Waals surface area contributed by atoms with E-state index in [-0.39, 0.29) is 23.7 Å². The van der Waals surface area contributed by atoms with Crippen LogP contribution in [0, 0.1) is 25.7 Å². The Bertz CT molecular complexity index is 589. The summed E-state index contributed by atoms with van der Waals surface area (Å²) in [6.45, 7) is 4.66. The van der Waals surface area contributed by atoms with E-state index in [9.17, 15) is 9.59 Å². The van der Waals surface area contributed by atoms with Crippen molar-refractivity contribution in [1.29, 1.82) is 0 Å². The summed E-state index contributed by atoms with van der Waals surface area (Å²) in [6, 6.07) is 5.98. The van der Waals surface area contributed by atoms with Crippen LogP contribution in [0.3, 0.4) is 0 Å². The van der Waals surface area contributed by atoms with E-state index in [0.717, 1.165) is 16.9 Å². The monoisotopic (exact) mass is 299 g/mol. The van der Waals surface area contributed by atoms with E-state index in [1.807, 2.05) is 44.2 Å². The summed E-state index contributed by atoms with van der Waals surface area (Å²) in [5.74, 6) is 0.463. The van der Waals surface area contributed by atoms with Gasteiger partial charge in [0.1, 0.15) is 12.4 Å². The van der Waals surface area contributed by atoms with E-state index in [1.54, 1.807) is 0 Å². The highest BCUT2D eigenvalue weighted by Crippen LogP contribution is 2.34. The maximum Gasteiger partial charge on any atom is 0.233 e. The number of hydrogen-bond donors (Lipinski definition) is 0. The number of carbonyl (C=O) groups excluding carboxylic acids is 2. The Morgan fingerprint density at radius 1 is 1.05 bits per heavy atom.